The van der Waals surface area contributed by atoms with Crippen LogP contribution in [0, 0.1) is 10.1 Å². The number of nitro benzene ring substituents is 1. The van der Waals surface area contributed by atoms with Gasteiger partial charge in [-0.2, -0.15) is 0 Å². The first-order valence-corrected chi connectivity index (χ1v) is 10.3. The first kappa shape index (κ1) is 20.4. The van der Waals surface area contributed by atoms with Crippen LogP contribution in [-0.2, 0) is 11.3 Å². The van der Waals surface area contributed by atoms with Gasteiger partial charge in [0.15, 0.2) is 0 Å². The number of benzene rings is 2. The zero-order chi connectivity index (χ0) is 22.0. The summed E-state index contributed by atoms with van der Waals surface area (Å²) in [6.07, 6.45) is 1.50. The van der Waals surface area contributed by atoms with Gasteiger partial charge in [0, 0.05) is 23.1 Å². The topological polar surface area (TPSA) is 104 Å². The molecule has 2 aromatic heterocycles. The van der Waals surface area contributed by atoms with E-state index in [4.69, 9.17) is 4.74 Å². The third kappa shape index (κ3) is 4.08. The molecular formula is C22H17N3O5S. The van der Waals surface area contributed by atoms with Crippen LogP contribution in [0.2, 0.25) is 0 Å². The molecule has 4 rings (SSSR count). The first-order valence-electron chi connectivity index (χ1n) is 9.45. The monoisotopic (exact) mass is 435 g/mol. The van der Waals surface area contributed by atoms with Crippen LogP contribution in [-0.4, -0.2) is 27.1 Å². The number of aromatic nitrogens is 2. The molecule has 0 aliphatic heterocycles. The van der Waals surface area contributed by atoms with Crippen LogP contribution in [0.25, 0.3) is 21.3 Å². The maximum absolute atomic E-state index is 13.2. The smallest absolute Gasteiger partial charge is 0.338 e. The van der Waals surface area contributed by atoms with Gasteiger partial charge in [0.25, 0.3) is 11.2 Å². The largest absolute Gasteiger partial charge is 0.462 e. The fraction of sp³-hybridized carbons (Fsp3) is 0.136. The normalized spacial score (nSPS) is 10.9. The number of nitrogens with zero attached hydrogens (tertiary/aromatic N) is 3. The van der Waals surface area contributed by atoms with E-state index in [2.05, 4.69) is 4.98 Å². The van der Waals surface area contributed by atoms with Crippen LogP contribution in [0.1, 0.15) is 22.8 Å². The van der Waals surface area contributed by atoms with Crippen molar-refractivity contribution >= 4 is 33.2 Å². The number of rotatable bonds is 6. The summed E-state index contributed by atoms with van der Waals surface area (Å²) in [5.41, 5.74) is 2.49. The molecule has 0 fully saturated rings. The second-order valence-electron chi connectivity index (χ2n) is 6.73. The van der Waals surface area contributed by atoms with Gasteiger partial charge in [-0.3, -0.25) is 19.5 Å². The Morgan fingerprint density at radius 3 is 2.52 bits per heavy atom. The fourth-order valence-corrected chi connectivity index (χ4v) is 4.12. The van der Waals surface area contributed by atoms with E-state index >= 15 is 0 Å². The summed E-state index contributed by atoms with van der Waals surface area (Å²) in [4.78, 5) is 40.4. The molecule has 0 aliphatic rings. The van der Waals surface area contributed by atoms with E-state index in [-0.39, 0.29) is 17.2 Å². The third-order valence-electron chi connectivity index (χ3n) is 4.77. The van der Waals surface area contributed by atoms with Gasteiger partial charge in [0.05, 0.1) is 35.4 Å². The maximum Gasteiger partial charge on any atom is 0.338 e. The molecular weight excluding hydrogens is 418 g/mol. The summed E-state index contributed by atoms with van der Waals surface area (Å²) in [5.74, 6) is -0.389. The number of non-ortho nitro benzene ring substituents is 1. The number of hydrogen-bond acceptors (Lipinski definition) is 7. The van der Waals surface area contributed by atoms with E-state index in [1.165, 1.54) is 34.4 Å². The Kier molecular flexibility index (Phi) is 5.59. The van der Waals surface area contributed by atoms with Crippen molar-refractivity contribution in [2.24, 2.45) is 0 Å². The molecule has 2 aromatic carbocycles. The molecule has 2 heterocycles. The standard InChI is InChI=1S/C22H17N3O5S/c1-2-30-22(27)16-5-3-14(4-6-16)11-24-13-23-20-19(21(24)26)18(12-31-20)15-7-9-17(10-8-15)25(28)29/h3-10,12-13H,2,11H2,1H3. The van der Waals surface area contributed by atoms with Crippen LogP contribution < -0.4 is 5.56 Å². The summed E-state index contributed by atoms with van der Waals surface area (Å²) < 4.78 is 6.48. The number of hydrogen-bond donors (Lipinski definition) is 0. The Labute approximate surface area is 180 Å². The van der Waals surface area contributed by atoms with Gasteiger partial charge in [0.2, 0.25) is 0 Å². The molecule has 0 amide bonds. The second kappa shape index (κ2) is 8.49. The van der Waals surface area contributed by atoms with Gasteiger partial charge in [0.1, 0.15) is 4.83 Å². The molecule has 8 nitrogen and oxygen atoms in total. The first-order chi connectivity index (χ1) is 15.0. The number of nitro groups is 1. The van der Waals surface area contributed by atoms with Crippen molar-refractivity contribution in [3.63, 3.8) is 0 Å². The van der Waals surface area contributed by atoms with Crippen LogP contribution in [0.5, 0.6) is 0 Å². The predicted octanol–water partition coefficient (Wildman–Crippen LogP) is 4.26. The Bertz CT molecular complexity index is 1320. The van der Waals surface area contributed by atoms with E-state index in [0.717, 1.165) is 5.56 Å². The van der Waals surface area contributed by atoms with Crippen LogP contribution >= 0.6 is 11.3 Å². The van der Waals surface area contributed by atoms with Gasteiger partial charge in [-0.05, 0) is 42.3 Å². The maximum atomic E-state index is 13.2. The summed E-state index contributed by atoms with van der Waals surface area (Å²) in [7, 11) is 0. The van der Waals surface area contributed by atoms with E-state index in [9.17, 15) is 19.7 Å². The second-order valence-corrected chi connectivity index (χ2v) is 7.59. The molecule has 31 heavy (non-hydrogen) atoms. The number of esters is 1. The summed E-state index contributed by atoms with van der Waals surface area (Å²) in [6.45, 7) is 2.34. The number of thiophene rings is 1. The molecule has 0 aliphatic carbocycles. The average molecular weight is 435 g/mol. The Morgan fingerprint density at radius 1 is 1.16 bits per heavy atom. The fourth-order valence-electron chi connectivity index (χ4n) is 3.21. The Balaban J connectivity index is 1.66. The molecule has 0 bridgehead atoms. The average Bonchev–Trinajstić information content (AvgIpc) is 3.21. The lowest BCUT2D eigenvalue weighted by Crippen LogP contribution is -2.21. The highest BCUT2D eigenvalue weighted by Gasteiger charge is 2.15. The van der Waals surface area contributed by atoms with Gasteiger partial charge in [-0.15, -0.1) is 11.3 Å². The van der Waals surface area contributed by atoms with Crippen LogP contribution in [0.4, 0.5) is 5.69 Å². The van der Waals surface area contributed by atoms with Crippen molar-refractivity contribution in [3.8, 4) is 11.1 Å². The van der Waals surface area contributed by atoms with Gasteiger partial charge in [-0.1, -0.05) is 12.1 Å². The highest BCUT2D eigenvalue weighted by Crippen LogP contribution is 2.31. The summed E-state index contributed by atoms with van der Waals surface area (Å²) in [5, 5.41) is 13.2. The number of fused-ring (bicyclic) bond motifs is 1. The van der Waals surface area contributed by atoms with Crippen molar-refractivity contribution in [1.82, 2.24) is 9.55 Å². The molecule has 0 saturated carbocycles. The van der Waals surface area contributed by atoms with Crippen molar-refractivity contribution in [1.29, 1.82) is 0 Å². The minimum Gasteiger partial charge on any atom is -0.462 e. The van der Waals surface area contributed by atoms with E-state index < -0.39 is 4.92 Å². The van der Waals surface area contributed by atoms with Gasteiger partial charge in [-0.25, -0.2) is 9.78 Å². The molecule has 0 radical (unpaired) electrons. The van der Waals surface area contributed by atoms with Crippen molar-refractivity contribution in [2.45, 2.75) is 13.5 Å². The summed E-state index contributed by atoms with van der Waals surface area (Å²) >= 11 is 1.35. The third-order valence-corrected chi connectivity index (χ3v) is 5.65. The number of carbonyl (C=O) groups excluding carboxylic acids is 1. The predicted molar refractivity (Wildman–Crippen MR) is 117 cm³/mol. The zero-order valence-corrected chi connectivity index (χ0v) is 17.3. The number of ether oxygens (including phenoxy) is 1. The van der Waals surface area contributed by atoms with Crippen molar-refractivity contribution in [2.75, 3.05) is 6.61 Å². The van der Waals surface area contributed by atoms with Crippen molar-refractivity contribution < 1.29 is 14.5 Å². The molecule has 156 valence electrons. The van der Waals surface area contributed by atoms with E-state index in [0.29, 0.717) is 40.1 Å². The van der Waals surface area contributed by atoms with Gasteiger partial charge >= 0.3 is 5.97 Å². The highest BCUT2D eigenvalue weighted by molar-refractivity contribution is 7.17. The Hall–Kier alpha value is -3.85. The Morgan fingerprint density at radius 2 is 1.87 bits per heavy atom. The highest BCUT2D eigenvalue weighted by atomic mass is 32.1. The summed E-state index contributed by atoms with van der Waals surface area (Å²) in [6, 6.07) is 13.0. The van der Waals surface area contributed by atoms with Crippen LogP contribution in [0.15, 0.2) is 65.0 Å². The minimum atomic E-state index is -0.461. The lowest BCUT2D eigenvalue weighted by molar-refractivity contribution is -0.384. The number of carbonyl (C=O) groups is 1. The zero-order valence-electron chi connectivity index (χ0n) is 16.5. The minimum absolute atomic E-state index is 0.00918. The van der Waals surface area contributed by atoms with E-state index in [1.807, 2.05) is 5.38 Å². The van der Waals surface area contributed by atoms with Crippen molar-refractivity contribution in [3.05, 3.63) is 91.8 Å². The molecule has 0 spiro atoms. The lowest BCUT2D eigenvalue weighted by atomic mass is 10.1. The van der Waals surface area contributed by atoms with Crippen LogP contribution in [0.3, 0.4) is 0 Å². The lowest BCUT2D eigenvalue weighted by Gasteiger charge is -2.08. The quantitative estimate of drug-likeness (QED) is 0.255. The molecule has 0 saturated heterocycles. The SMILES string of the molecule is CCOC(=O)c1ccc(Cn2cnc3scc(-c4ccc([N+](=O)[O-])cc4)c3c2=O)cc1. The van der Waals surface area contributed by atoms with Gasteiger partial charge < -0.3 is 4.74 Å². The molecule has 9 heteroatoms. The molecule has 4 aromatic rings. The molecule has 0 unspecified atom stereocenters. The molecule has 0 N–H and O–H groups in total. The molecule has 0 atom stereocenters. The van der Waals surface area contributed by atoms with E-state index in [1.54, 1.807) is 43.3 Å².